The number of amides is 3. The average molecular weight is 339 g/mol. The summed E-state index contributed by atoms with van der Waals surface area (Å²) in [7, 11) is 0. The second kappa shape index (κ2) is 8.35. The van der Waals surface area contributed by atoms with Crippen LogP contribution >= 0.6 is 0 Å². The third-order valence-electron chi connectivity index (χ3n) is 4.40. The molecule has 1 N–H and O–H groups in total. The minimum Gasteiger partial charge on any atom is -0.464 e. The van der Waals surface area contributed by atoms with Crippen LogP contribution in [0.5, 0.6) is 0 Å². The lowest BCUT2D eigenvalue weighted by atomic mass is 10.0. The molecule has 2 heterocycles. The van der Waals surface area contributed by atoms with E-state index < -0.39 is 12.1 Å². The number of carbonyl (C=O) groups excluding carboxylic acids is 3. The highest BCUT2D eigenvalue weighted by molar-refractivity contribution is 5.92. The van der Waals surface area contributed by atoms with E-state index in [2.05, 4.69) is 5.32 Å². The minimum absolute atomic E-state index is 0.00807. The molecule has 0 spiro atoms. The van der Waals surface area contributed by atoms with Gasteiger partial charge in [0, 0.05) is 13.1 Å². The lowest BCUT2D eigenvalue weighted by Gasteiger charge is -2.31. The van der Waals surface area contributed by atoms with Gasteiger partial charge in [-0.3, -0.25) is 4.79 Å². The number of piperidine rings is 1. The van der Waals surface area contributed by atoms with Gasteiger partial charge in [-0.2, -0.15) is 0 Å². The van der Waals surface area contributed by atoms with Crippen molar-refractivity contribution in [2.24, 2.45) is 5.92 Å². The number of esters is 1. The van der Waals surface area contributed by atoms with Crippen LogP contribution in [0.3, 0.4) is 0 Å². The lowest BCUT2D eigenvalue weighted by Crippen LogP contribution is -2.51. The maximum Gasteiger partial charge on any atom is 0.330 e. The van der Waals surface area contributed by atoms with E-state index in [1.807, 2.05) is 18.7 Å². The standard InChI is InChI=1S/C17H29N3O4/c1-4-24-16(22)14-11-20(14)17(23)18-13(10-12(2)3)15(21)19-8-6-5-7-9-19/h12-14H,4-11H2,1-3H3,(H,18,23)/t13-,14-,20?/m0/s1. The summed E-state index contributed by atoms with van der Waals surface area (Å²) < 4.78 is 4.92. The van der Waals surface area contributed by atoms with Gasteiger partial charge in [0.05, 0.1) is 13.2 Å². The molecular formula is C17H29N3O4. The number of ether oxygens (including phenoxy) is 1. The van der Waals surface area contributed by atoms with Crippen molar-refractivity contribution in [3.8, 4) is 0 Å². The van der Waals surface area contributed by atoms with E-state index in [0.717, 1.165) is 32.4 Å². The zero-order valence-corrected chi connectivity index (χ0v) is 14.9. The van der Waals surface area contributed by atoms with Crippen LogP contribution in [0.2, 0.25) is 0 Å². The van der Waals surface area contributed by atoms with E-state index >= 15 is 0 Å². The summed E-state index contributed by atoms with van der Waals surface area (Å²) in [5.41, 5.74) is 0. The largest absolute Gasteiger partial charge is 0.464 e. The zero-order chi connectivity index (χ0) is 17.7. The Kier molecular flexibility index (Phi) is 6.45. The molecule has 0 unspecified atom stereocenters. The van der Waals surface area contributed by atoms with Crippen molar-refractivity contribution in [1.82, 2.24) is 15.1 Å². The normalized spacial score (nSPS) is 21.4. The maximum atomic E-state index is 12.7. The summed E-state index contributed by atoms with van der Waals surface area (Å²) in [6, 6.07) is -1.39. The van der Waals surface area contributed by atoms with Crippen molar-refractivity contribution in [3.63, 3.8) is 0 Å². The molecule has 136 valence electrons. The van der Waals surface area contributed by atoms with Crippen LogP contribution in [0.1, 0.15) is 46.5 Å². The van der Waals surface area contributed by atoms with Gasteiger partial charge >= 0.3 is 12.0 Å². The first-order valence-electron chi connectivity index (χ1n) is 8.96. The van der Waals surface area contributed by atoms with Crippen LogP contribution in [-0.4, -0.2) is 66.0 Å². The number of nitrogens with zero attached hydrogens (tertiary/aromatic N) is 2. The van der Waals surface area contributed by atoms with Gasteiger partial charge in [0.1, 0.15) is 12.1 Å². The Bertz CT molecular complexity index is 474. The molecule has 7 nitrogen and oxygen atoms in total. The van der Waals surface area contributed by atoms with Crippen LogP contribution in [0.15, 0.2) is 0 Å². The Balaban J connectivity index is 1.92. The van der Waals surface area contributed by atoms with Gasteiger partial charge in [-0.25, -0.2) is 9.59 Å². The third kappa shape index (κ3) is 4.85. The Morgan fingerprint density at radius 2 is 1.83 bits per heavy atom. The number of urea groups is 1. The molecule has 0 aliphatic carbocycles. The van der Waals surface area contributed by atoms with Crippen LogP contribution in [0.4, 0.5) is 4.79 Å². The zero-order valence-electron chi connectivity index (χ0n) is 14.9. The van der Waals surface area contributed by atoms with Crippen LogP contribution < -0.4 is 5.32 Å². The molecule has 0 saturated carbocycles. The highest BCUT2D eigenvalue weighted by atomic mass is 16.5. The SMILES string of the molecule is CCOC(=O)[C@@H]1CN1C(=O)N[C@@H](CC(C)C)C(=O)N1CCCCC1. The number of hydrogen-bond acceptors (Lipinski definition) is 4. The van der Waals surface area contributed by atoms with E-state index in [4.69, 9.17) is 4.74 Å². The van der Waals surface area contributed by atoms with Crippen molar-refractivity contribution in [1.29, 1.82) is 0 Å². The molecule has 2 rings (SSSR count). The molecular weight excluding hydrogens is 310 g/mol. The smallest absolute Gasteiger partial charge is 0.330 e. The molecule has 0 bridgehead atoms. The molecule has 0 aromatic rings. The highest BCUT2D eigenvalue weighted by Crippen LogP contribution is 2.20. The van der Waals surface area contributed by atoms with Gasteiger partial charge < -0.3 is 19.9 Å². The van der Waals surface area contributed by atoms with E-state index in [1.165, 1.54) is 4.90 Å². The quantitative estimate of drug-likeness (QED) is 0.585. The highest BCUT2D eigenvalue weighted by Gasteiger charge is 2.46. The first-order chi connectivity index (χ1) is 11.4. The Hall–Kier alpha value is -1.79. The fraction of sp³-hybridized carbons (Fsp3) is 0.824. The molecule has 2 aliphatic rings. The molecule has 0 aromatic heterocycles. The maximum absolute atomic E-state index is 12.7. The fourth-order valence-electron chi connectivity index (χ4n) is 3.06. The Morgan fingerprint density at radius 1 is 1.17 bits per heavy atom. The monoisotopic (exact) mass is 339 g/mol. The summed E-state index contributed by atoms with van der Waals surface area (Å²) in [5, 5.41) is 2.82. The van der Waals surface area contributed by atoms with E-state index in [1.54, 1.807) is 6.92 Å². The second-order valence-electron chi connectivity index (χ2n) is 6.94. The summed E-state index contributed by atoms with van der Waals surface area (Å²) in [6.45, 7) is 7.98. The van der Waals surface area contributed by atoms with Crippen LogP contribution in [-0.2, 0) is 14.3 Å². The molecule has 2 saturated heterocycles. The number of likely N-dealkylation sites (tertiary alicyclic amines) is 1. The summed E-state index contributed by atoms with van der Waals surface area (Å²) in [6.07, 6.45) is 3.79. The van der Waals surface area contributed by atoms with Gasteiger partial charge in [0.25, 0.3) is 0 Å². The molecule has 7 heteroatoms. The predicted molar refractivity (Wildman–Crippen MR) is 89.3 cm³/mol. The van der Waals surface area contributed by atoms with Crippen molar-refractivity contribution >= 4 is 17.9 Å². The van der Waals surface area contributed by atoms with Crippen molar-refractivity contribution in [2.75, 3.05) is 26.2 Å². The summed E-state index contributed by atoms with van der Waals surface area (Å²) in [4.78, 5) is 40.0. The first kappa shape index (κ1) is 18.5. The van der Waals surface area contributed by atoms with E-state index in [-0.39, 0.29) is 17.9 Å². The lowest BCUT2D eigenvalue weighted by molar-refractivity contribution is -0.143. The number of hydrogen-bond donors (Lipinski definition) is 1. The van der Waals surface area contributed by atoms with Gasteiger partial charge in [-0.05, 0) is 38.5 Å². The van der Waals surface area contributed by atoms with E-state index in [0.29, 0.717) is 25.5 Å². The second-order valence-corrected chi connectivity index (χ2v) is 6.94. The molecule has 0 radical (unpaired) electrons. The van der Waals surface area contributed by atoms with Crippen molar-refractivity contribution in [2.45, 2.75) is 58.5 Å². The molecule has 2 aliphatic heterocycles. The van der Waals surface area contributed by atoms with E-state index in [9.17, 15) is 14.4 Å². The van der Waals surface area contributed by atoms with Gasteiger partial charge in [0.15, 0.2) is 0 Å². The number of rotatable bonds is 6. The summed E-state index contributed by atoms with van der Waals surface area (Å²) >= 11 is 0. The van der Waals surface area contributed by atoms with Crippen LogP contribution in [0.25, 0.3) is 0 Å². The van der Waals surface area contributed by atoms with Gasteiger partial charge in [-0.15, -0.1) is 0 Å². The van der Waals surface area contributed by atoms with Gasteiger partial charge in [0.2, 0.25) is 5.91 Å². The Labute approximate surface area is 143 Å². The number of carbonyl (C=O) groups is 3. The molecule has 2 atom stereocenters. The fourth-order valence-corrected chi connectivity index (χ4v) is 3.06. The Morgan fingerprint density at radius 3 is 2.42 bits per heavy atom. The number of nitrogens with one attached hydrogen (secondary N) is 1. The van der Waals surface area contributed by atoms with Crippen molar-refractivity contribution < 1.29 is 19.1 Å². The molecule has 2 fully saturated rings. The average Bonchev–Trinajstić information content (AvgIpc) is 3.35. The minimum atomic E-state index is -0.529. The van der Waals surface area contributed by atoms with Crippen LogP contribution in [0, 0.1) is 5.92 Å². The topological polar surface area (TPSA) is 78.7 Å². The van der Waals surface area contributed by atoms with Crippen molar-refractivity contribution in [3.05, 3.63) is 0 Å². The van der Waals surface area contributed by atoms with Gasteiger partial charge in [-0.1, -0.05) is 13.8 Å². The molecule has 24 heavy (non-hydrogen) atoms. The summed E-state index contributed by atoms with van der Waals surface area (Å²) in [5.74, 6) is -0.0965. The third-order valence-corrected chi connectivity index (χ3v) is 4.40. The predicted octanol–water partition coefficient (Wildman–Crippen LogP) is 1.37. The first-order valence-corrected chi connectivity index (χ1v) is 8.96. The molecule has 3 amide bonds. The molecule has 0 aromatic carbocycles.